The van der Waals surface area contributed by atoms with Crippen molar-refractivity contribution < 1.29 is 14.3 Å². The lowest BCUT2D eigenvalue weighted by atomic mass is 10.1. The molecule has 1 N–H and O–H groups in total. The van der Waals surface area contributed by atoms with E-state index < -0.39 is 5.60 Å². The molecule has 228 valence electrons. The summed E-state index contributed by atoms with van der Waals surface area (Å²) in [5, 5.41) is 4.71. The summed E-state index contributed by atoms with van der Waals surface area (Å²) in [5.74, 6) is 1.24. The molecule has 5 aromatic rings. The van der Waals surface area contributed by atoms with Crippen LogP contribution in [0, 0.1) is 0 Å². The third-order valence-electron chi connectivity index (χ3n) is 7.43. The van der Waals surface area contributed by atoms with Crippen molar-refractivity contribution in [2.45, 2.75) is 51.9 Å². The van der Waals surface area contributed by atoms with Gasteiger partial charge in [0.25, 0.3) is 5.56 Å². The Kier molecular flexibility index (Phi) is 7.58. The van der Waals surface area contributed by atoms with Crippen LogP contribution in [0.15, 0.2) is 72.3 Å². The monoisotopic (exact) mass is 596 g/mol. The summed E-state index contributed by atoms with van der Waals surface area (Å²) in [4.78, 5) is 41.5. The zero-order chi connectivity index (χ0) is 31.0. The zero-order valence-corrected chi connectivity index (χ0v) is 25.4. The van der Waals surface area contributed by atoms with Gasteiger partial charge in [0, 0.05) is 68.0 Å². The van der Waals surface area contributed by atoms with Gasteiger partial charge in [0.1, 0.15) is 17.1 Å². The number of ether oxygens (including phenoxy) is 2. The number of aromatic nitrogens is 6. The van der Waals surface area contributed by atoms with Gasteiger partial charge in [0.15, 0.2) is 11.5 Å². The van der Waals surface area contributed by atoms with E-state index in [4.69, 9.17) is 19.4 Å². The molecular formula is C32H36N8O4. The van der Waals surface area contributed by atoms with E-state index in [1.54, 1.807) is 27.8 Å². The number of anilines is 2. The van der Waals surface area contributed by atoms with Crippen LogP contribution in [0.2, 0.25) is 0 Å². The molecular weight excluding hydrogens is 560 g/mol. The summed E-state index contributed by atoms with van der Waals surface area (Å²) in [7, 11) is 2.00. The van der Waals surface area contributed by atoms with Crippen molar-refractivity contribution in [3.63, 3.8) is 0 Å². The van der Waals surface area contributed by atoms with Crippen molar-refractivity contribution >= 4 is 39.7 Å². The van der Waals surface area contributed by atoms with E-state index in [2.05, 4.69) is 21.4 Å². The van der Waals surface area contributed by atoms with E-state index in [-0.39, 0.29) is 24.3 Å². The van der Waals surface area contributed by atoms with Crippen LogP contribution in [-0.4, -0.2) is 64.7 Å². The maximum absolute atomic E-state index is 13.4. The van der Waals surface area contributed by atoms with E-state index in [1.807, 2.05) is 64.3 Å². The summed E-state index contributed by atoms with van der Waals surface area (Å²) < 4.78 is 17.0. The van der Waals surface area contributed by atoms with Gasteiger partial charge in [-0.05, 0) is 51.1 Å². The van der Waals surface area contributed by atoms with Crippen LogP contribution in [0.4, 0.5) is 16.4 Å². The van der Waals surface area contributed by atoms with Gasteiger partial charge in [-0.1, -0.05) is 12.1 Å². The Morgan fingerprint density at radius 1 is 1.14 bits per heavy atom. The van der Waals surface area contributed by atoms with Gasteiger partial charge in [-0.25, -0.2) is 19.1 Å². The maximum Gasteiger partial charge on any atom is 0.410 e. The number of nitrogens with zero attached hydrogens (tertiary/aromatic N) is 7. The van der Waals surface area contributed by atoms with Crippen LogP contribution >= 0.6 is 0 Å². The third-order valence-corrected chi connectivity index (χ3v) is 7.43. The highest BCUT2D eigenvalue weighted by Crippen LogP contribution is 2.24. The predicted octanol–water partition coefficient (Wildman–Crippen LogP) is 5.18. The van der Waals surface area contributed by atoms with Crippen molar-refractivity contribution in [1.82, 2.24) is 33.8 Å². The number of hydrogen-bond acceptors (Lipinski definition) is 8. The summed E-state index contributed by atoms with van der Waals surface area (Å²) in [6, 6.07) is 13.5. The SMILES string of the molecule is C=CCn1c(=O)c2cnc(Nc3ccc4c(ccn4C)c3)nc2n1-c1cccc(OC2CCN(C(=O)OC(C)(C)C)CC2)n1. The fourth-order valence-electron chi connectivity index (χ4n) is 5.34. The molecule has 0 radical (unpaired) electrons. The smallest absolute Gasteiger partial charge is 0.410 e. The number of fused-ring (bicyclic) bond motifs is 2. The lowest BCUT2D eigenvalue weighted by Crippen LogP contribution is -2.44. The molecule has 0 bridgehead atoms. The molecule has 1 amide bonds. The Hall–Kier alpha value is -5.13. The summed E-state index contributed by atoms with van der Waals surface area (Å²) in [6.45, 7) is 10.7. The molecule has 0 saturated carbocycles. The van der Waals surface area contributed by atoms with E-state index in [9.17, 15) is 9.59 Å². The molecule has 5 heterocycles. The zero-order valence-electron chi connectivity index (χ0n) is 25.4. The topological polar surface area (TPSA) is 121 Å². The summed E-state index contributed by atoms with van der Waals surface area (Å²) >= 11 is 0. The van der Waals surface area contributed by atoms with Crippen molar-refractivity contribution in [3.05, 3.63) is 77.9 Å². The number of carbonyl (C=O) groups is 1. The third kappa shape index (κ3) is 5.87. The van der Waals surface area contributed by atoms with Gasteiger partial charge in [0.2, 0.25) is 11.8 Å². The maximum atomic E-state index is 13.4. The van der Waals surface area contributed by atoms with Gasteiger partial charge >= 0.3 is 6.09 Å². The van der Waals surface area contributed by atoms with Crippen molar-refractivity contribution in [2.24, 2.45) is 7.05 Å². The number of pyridine rings is 1. The molecule has 0 unspecified atom stereocenters. The minimum absolute atomic E-state index is 0.117. The summed E-state index contributed by atoms with van der Waals surface area (Å²) in [6.07, 6.45) is 6.06. The van der Waals surface area contributed by atoms with Gasteiger partial charge in [-0.3, -0.25) is 4.79 Å². The quantitative estimate of drug-likeness (QED) is 0.255. The number of rotatable bonds is 7. The first-order valence-corrected chi connectivity index (χ1v) is 14.6. The minimum atomic E-state index is -0.540. The molecule has 44 heavy (non-hydrogen) atoms. The average Bonchev–Trinajstić information content (AvgIpc) is 3.49. The fourth-order valence-corrected chi connectivity index (χ4v) is 5.34. The number of allylic oxidation sites excluding steroid dienone is 1. The average molecular weight is 597 g/mol. The summed E-state index contributed by atoms with van der Waals surface area (Å²) in [5.41, 5.74) is 1.56. The lowest BCUT2D eigenvalue weighted by molar-refractivity contribution is 0.0123. The number of benzene rings is 1. The highest BCUT2D eigenvalue weighted by atomic mass is 16.6. The first kappa shape index (κ1) is 29.0. The van der Waals surface area contributed by atoms with Crippen LogP contribution in [0.5, 0.6) is 5.88 Å². The number of amides is 1. The Morgan fingerprint density at radius 3 is 2.68 bits per heavy atom. The molecule has 1 aromatic carbocycles. The van der Waals surface area contributed by atoms with Crippen LogP contribution in [-0.2, 0) is 18.3 Å². The normalized spacial score (nSPS) is 14.2. The highest BCUT2D eigenvalue weighted by molar-refractivity contribution is 5.84. The van der Waals surface area contributed by atoms with E-state index >= 15 is 0 Å². The molecule has 12 heteroatoms. The van der Waals surface area contributed by atoms with Gasteiger partial charge in [-0.15, -0.1) is 6.58 Å². The molecule has 1 aliphatic heterocycles. The first-order valence-electron chi connectivity index (χ1n) is 14.6. The molecule has 6 rings (SSSR count). The van der Waals surface area contributed by atoms with Crippen LogP contribution < -0.4 is 15.6 Å². The largest absolute Gasteiger partial charge is 0.474 e. The lowest BCUT2D eigenvalue weighted by Gasteiger charge is -2.33. The predicted molar refractivity (Wildman–Crippen MR) is 169 cm³/mol. The van der Waals surface area contributed by atoms with E-state index in [0.717, 1.165) is 16.6 Å². The first-order chi connectivity index (χ1) is 21.1. The van der Waals surface area contributed by atoms with E-state index in [0.29, 0.717) is 54.6 Å². The number of nitrogens with one attached hydrogen (secondary N) is 1. The molecule has 1 aliphatic rings. The minimum Gasteiger partial charge on any atom is -0.474 e. The second kappa shape index (κ2) is 11.5. The second-order valence-electron chi connectivity index (χ2n) is 11.9. The number of piperidine rings is 1. The highest BCUT2D eigenvalue weighted by Gasteiger charge is 2.28. The molecule has 0 spiro atoms. The molecule has 0 atom stereocenters. The van der Waals surface area contributed by atoms with Gasteiger partial charge < -0.3 is 24.3 Å². The Bertz CT molecular complexity index is 1910. The molecule has 1 saturated heterocycles. The Balaban J connectivity index is 1.26. The molecule has 0 aliphatic carbocycles. The Labute approximate surface area is 254 Å². The van der Waals surface area contributed by atoms with Crippen molar-refractivity contribution in [1.29, 1.82) is 0 Å². The molecule has 12 nitrogen and oxygen atoms in total. The van der Waals surface area contributed by atoms with Gasteiger partial charge in [0.05, 0.1) is 6.54 Å². The van der Waals surface area contributed by atoms with Crippen LogP contribution in [0.25, 0.3) is 27.8 Å². The Morgan fingerprint density at radius 2 is 1.93 bits per heavy atom. The van der Waals surface area contributed by atoms with Crippen molar-refractivity contribution in [2.75, 3.05) is 18.4 Å². The second-order valence-corrected chi connectivity index (χ2v) is 11.9. The number of aryl methyl sites for hydroxylation is 1. The molecule has 4 aromatic heterocycles. The number of likely N-dealkylation sites (tertiary alicyclic amines) is 1. The number of carbonyl (C=O) groups excluding carboxylic acids is 1. The van der Waals surface area contributed by atoms with Crippen LogP contribution in [0.3, 0.4) is 0 Å². The van der Waals surface area contributed by atoms with Crippen LogP contribution in [0.1, 0.15) is 33.6 Å². The van der Waals surface area contributed by atoms with Crippen molar-refractivity contribution in [3.8, 4) is 11.7 Å². The van der Waals surface area contributed by atoms with Gasteiger partial charge in [-0.2, -0.15) is 9.97 Å². The molecule has 1 fully saturated rings. The van der Waals surface area contributed by atoms with E-state index in [1.165, 1.54) is 10.9 Å². The number of hydrogen-bond donors (Lipinski definition) is 1. The fraction of sp³-hybridized carbons (Fsp3) is 0.344. The standard InChI is InChI=1S/C32H36N8O4/c1-6-15-39-29(41)24-20-33-30(34-22-10-11-25-21(19-22)12-16-37(25)5)36-28(24)40(39)26-8-7-9-27(35-26)43-23-13-17-38(18-14-23)31(42)44-32(2,3)4/h6-12,16,19-20,23H,1,13-15,17-18H2,2-5H3,(H,33,34,36).